The summed E-state index contributed by atoms with van der Waals surface area (Å²) in [4.78, 5) is 25.8. The van der Waals surface area contributed by atoms with E-state index in [1.165, 1.54) is 11.3 Å². The highest BCUT2D eigenvalue weighted by atomic mass is 32.1. The first-order chi connectivity index (χ1) is 9.11. The lowest BCUT2D eigenvalue weighted by Crippen LogP contribution is -2.36. The lowest BCUT2D eigenvalue weighted by atomic mass is 10.1. The zero-order valence-electron chi connectivity index (χ0n) is 10.8. The monoisotopic (exact) mass is 274 g/mol. The molecular formula is C14H14N2O2S. The molecule has 1 aromatic carbocycles. The highest BCUT2D eigenvalue weighted by molar-refractivity contribution is 7.21. The SMILES string of the molecule is C[C@@H]1CNc2c(sc3ccc(C=O)cc23)C(=O)N1C. The first-order valence-electron chi connectivity index (χ1n) is 6.14. The molecule has 2 aromatic rings. The van der Waals surface area contributed by atoms with E-state index in [2.05, 4.69) is 5.32 Å². The van der Waals surface area contributed by atoms with E-state index in [9.17, 15) is 9.59 Å². The number of likely N-dealkylation sites (N-methyl/N-ethyl adjacent to an activating group) is 1. The largest absolute Gasteiger partial charge is 0.381 e. The molecule has 0 unspecified atom stereocenters. The number of carbonyl (C=O) groups excluding carboxylic acids is 2. The van der Waals surface area contributed by atoms with Crippen molar-refractivity contribution in [3.8, 4) is 0 Å². The molecule has 0 bridgehead atoms. The lowest BCUT2D eigenvalue weighted by Gasteiger charge is -2.21. The minimum absolute atomic E-state index is 0.0429. The number of benzene rings is 1. The van der Waals surface area contributed by atoms with Gasteiger partial charge in [0.1, 0.15) is 11.2 Å². The highest BCUT2D eigenvalue weighted by Crippen LogP contribution is 2.38. The number of carbonyl (C=O) groups is 2. The van der Waals surface area contributed by atoms with Gasteiger partial charge in [0.15, 0.2) is 0 Å². The van der Waals surface area contributed by atoms with E-state index in [0.29, 0.717) is 12.1 Å². The van der Waals surface area contributed by atoms with Crippen LogP contribution in [0, 0.1) is 0 Å². The third-order valence-electron chi connectivity index (χ3n) is 3.60. The van der Waals surface area contributed by atoms with Crippen molar-refractivity contribution in [1.82, 2.24) is 4.90 Å². The number of nitrogens with zero attached hydrogens (tertiary/aromatic N) is 1. The second kappa shape index (κ2) is 4.35. The van der Waals surface area contributed by atoms with Crippen molar-refractivity contribution >= 4 is 39.3 Å². The van der Waals surface area contributed by atoms with Gasteiger partial charge in [0.2, 0.25) is 0 Å². The van der Waals surface area contributed by atoms with E-state index >= 15 is 0 Å². The van der Waals surface area contributed by atoms with E-state index in [1.54, 1.807) is 11.0 Å². The fourth-order valence-electron chi connectivity index (χ4n) is 2.26. The minimum atomic E-state index is 0.0429. The Morgan fingerprint density at radius 2 is 2.26 bits per heavy atom. The Hall–Kier alpha value is -1.88. The number of thiophene rings is 1. The molecule has 19 heavy (non-hydrogen) atoms. The Morgan fingerprint density at radius 1 is 1.47 bits per heavy atom. The zero-order chi connectivity index (χ0) is 13.6. The molecule has 0 saturated carbocycles. The van der Waals surface area contributed by atoms with Crippen molar-refractivity contribution in [2.45, 2.75) is 13.0 Å². The third kappa shape index (κ3) is 1.81. The van der Waals surface area contributed by atoms with Gasteiger partial charge in [0.25, 0.3) is 5.91 Å². The van der Waals surface area contributed by atoms with Gasteiger partial charge in [-0.2, -0.15) is 0 Å². The van der Waals surface area contributed by atoms with Gasteiger partial charge >= 0.3 is 0 Å². The molecule has 0 aliphatic carbocycles. The van der Waals surface area contributed by atoms with Crippen LogP contribution in [-0.2, 0) is 0 Å². The summed E-state index contributed by atoms with van der Waals surface area (Å²) in [7, 11) is 1.82. The van der Waals surface area contributed by atoms with Gasteiger partial charge in [-0.3, -0.25) is 9.59 Å². The Kier molecular flexibility index (Phi) is 2.78. The number of anilines is 1. The minimum Gasteiger partial charge on any atom is -0.381 e. The van der Waals surface area contributed by atoms with Crippen molar-refractivity contribution < 1.29 is 9.59 Å². The number of fused-ring (bicyclic) bond motifs is 3. The van der Waals surface area contributed by atoms with Crippen molar-refractivity contribution in [3.63, 3.8) is 0 Å². The Morgan fingerprint density at radius 3 is 3.00 bits per heavy atom. The smallest absolute Gasteiger partial charge is 0.266 e. The van der Waals surface area contributed by atoms with Crippen LogP contribution in [0.15, 0.2) is 18.2 Å². The van der Waals surface area contributed by atoms with E-state index in [-0.39, 0.29) is 11.9 Å². The zero-order valence-corrected chi connectivity index (χ0v) is 11.6. The predicted octanol–water partition coefficient (Wildman–Crippen LogP) is 2.60. The fourth-order valence-corrected chi connectivity index (χ4v) is 3.40. The molecular weight excluding hydrogens is 260 g/mol. The van der Waals surface area contributed by atoms with Gasteiger partial charge < -0.3 is 10.2 Å². The molecule has 0 fully saturated rings. The maximum Gasteiger partial charge on any atom is 0.266 e. The van der Waals surface area contributed by atoms with Crippen molar-refractivity contribution in [2.24, 2.45) is 0 Å². The Balaban J connectivity index is 2.23. The molecule has 0 spiro atoms. The molecule has 1 aromatic heterocycles. The van der Waals surface area contributed by atoms with Crippen LogP contribution in [0.4, 0.5) is 5.69 Å². The fraction of sp³-hybridized carbons (Fsp3) is 0.286. The second-order valence-corrected chi connectivity index (χ2v) is 5.88. The highest BCUT2D eigenvalue weighted by Gasteiger charge is 2.27. The van der Waals surface area contributed by atoms with Crippen LogP contribution >= 0.6 is 11.3 Å². The van der Waals surface area contributed by atoms with Crippen LogP contribution in [-0.4, -0.2) is 36.7 Å². The third-order valence-corrected chi connectivity index (χ3v) is 4.76. The second-order valence-electron chi connectivity index (χ2n) is 4.83. The van der Waals surface area contributed by atoms with Crippen molar-refractivity contribution in [3.05, 3.63) is 28.6 Å². The van der Waals surface area contributed by atoms with Crippen LogP contribution in [0.1, 0.15) is 27.0 Å². The molecule has 1 N–H and O–H groups in total. The maximum absolute atomic E-state index is 12.4. The molecule has 4 nitrogen and oxygen atoms in total. The maximum atomic E-state index is 12.4. The van der Waals surface area contributed by atoms with Crippen molar-refractivity contribution in [2.75, 3.05) is 18.9 Å². The quantitative estimate of drug-likeness (QED) is 0.813. The number of hydrogen-bond acceptors (Lipinski definition) is 4. The van der Waals surface area contributed by atoms with Crippen molar-refractivity contribution in [1.29, 1.82) is 0 Å². The number of amides is 1. The summed E-state index contributed by atoms with van der Waals surface area (Å²) in [6.45, 7) is 2.73. The molecule has 0 saturated heterocycles. The molecule has 98 valence electrons. The molecule has 1 amide bonds. The van der Waals surface area contributed by atoms with Crippen LogP contribution in [0.3, 0.4) is 0 Å². The summed E-state index contributed by atoms with van der Waals surface area (Å²) in [5.41, 5.74) is 1.50. The first kappa shape index (κ1) is 12.2. The van der Waals surface area contributed by atoms with Gasteiger partial charge in [0.05, 0.1) is 5.69 Å². The standard InChI is InChI=1S/C14H14N2O2S/c1-8-6-15-12-10-5-9(7-17)3-4-11(10)19-13(12)14(18)16(8)2/h3-5,7-8,15H,6H2,1-2H3/t8-/m1/s1. The number of hydrogen-bond donors (Lipinski definition) is 1. The molecule has 1 aliphatic heterocycles. The normalized spacial score (nSPS) is 18.9. The average molecular weight is 274 g/mol. The summed E-state index contributed by atoms with van der Waals surface area (Å²) in [5, 5.41) is 4.30. The molecule has 2 heterocycles. The van der Waals surface area contributed by atoms with Crippen LogP contribution in [0.25, 0.3) is 10.1 Å². The summed E-state index contributed by atoms with van der Waals surface area (Å²) in [6.07, 6.45) is 0.830. The van der Waals surface area contributed by atoms with E-state index in [0.717, 1.165) is 26.9 Å². The van der Waals surface area contributed by atoms with Gasteiger partial charge in [-0.1, -0.05) is 6.07 Å². The summed E-state index contributed by atoms with van der Waals surface area (Å²) < 4.78 is 1.03. The first-order valence-corrected chi connectivity index (χ1v) is 6.96. The number of aldehydes is 1. The van der Waals surface area contributed by atoms with Crippen LogP contribution in [0.2, 0.25) is 0 Å². The van der Waals surface area contributed by atoms with Gasteiger partial charge in [-0.15, -0.1) is 11.3 Å². The van der Waals surface area contributed by atoms with E-state index < -0.39 is 0 Å². The summed E-state index contributed by atoms with van der Waals surface area (Å²) >= 11 is 1.48. The van der Waals surface area contributed by atoms with Crippen LogP contribution < -0.4 is 5.32 Å². The van der Waals surface area contributed by atoms with E-state index in [1.807, 2.05) is 26.1 Å². The molecule has 3 rings (SSSR count). The lowest BCUT2D eigenvalue weighted by molar-refractivity contribution is 0.0762. The molecule has 5 heteroatoms. The average Bonchev–Trinajstić information content (AvgIpc) is 2.75. The van der Waals surface area contributed by atoms with Crippen LogP contribution in [0.5, 0.6) is 0 Å². The van der Waals surface area contributed by atoms with Gasteiger partial charge in [-0.05, 0) is 19.1 Å². The van der Waals surface area contributed by atoms with Gasteiger partial charge in [0, 0.05) is 35.3 Å². The molecule has 1 atom stereocenters. The Bertz CT molecular complexity index is 677. The van der Waals surface area contributed by atoms with Gasteiger partial charge in [-0.25, -0.2) is 0 Å². The summed E-state index contributed by atoms with van der Waals surface area (Å²) in [6, 6.07) is 5.67. The number of nitrogens with one attached hydrogen (secondary N) is 1. The van der Waals surface area contributed by atoms with E-state index in [4.69, 9.17) is 0 Å². The Labute approximate surface area is 115 Å². The predicted molar refractivity (Wildman–Crippen MR) is 77.3 cm³/mol. The number of rotatable bonds is 1. The molecule has 1 aliphatic rings. The topological polar surface area (TPSA) is 49.4 Å². The molecule has 0 radical (unpaired) electrons. The summed E-state index contributed by atoms with van der Waals surface area (Å²) in [5.74, 6) is 0.0429.